The molecule has 0 unspecified atom stereocenters. The maximum absolute atomic E-state index is 13.3. The first-order valence-electron chi connectivity index (χ1n) is 14.6. The maximum Gasteiger partial charge on any atom is 0.326 e. The Morgan fingerprint density at radius 1 is 1.00 bits per heavy atom. The van der Waals surface area contributed by atoms with Gasteiger partial charge in [0.1, 0.15) is 12.1 Å². The first-order valence-corrected chi connectivity index (χ1v) is 16.8. The standard InChI is InChI=1S/C30H34Cl2N4O7S/c31-21-14-22(32)16-23(15-21)44(42,43)36-11-3-6-26(36)28(38)33-25(30(40)41)7-8-27(37)34-12-9-19(10-13-34)17-35-18-20-4-1-2-5-24(20)29(35)39/h1-2,4-5,14-16,19,25-26H,3,6-13,17-18H2,(H,33,38)(H,40,41)/t25-,26+/m0/s1. The first kappa shape index (κ1) is 32.2. The van der Waals surface area contributed by atoms with Gasteiger partial charge in [0, 0.05) is 54.8 Å². The van der Waals surface area contributed by atoms with E-state index in [1.165, 1.54) is 18.2 Å². The summed E-state index contributed by atoms with van der Waals surface area (Å²) in [5.74, 6) is -1.96. The van der Waals surface area contributed by atoms with E-state index in [4.69, 9.17) is 23.2 Å². The molecule has 236 valence electrons. The molecule has 2 fully saturated rings. The molecule has 2 N–H and O–H groups in total. The van der Waals surface area contributed by atoms with Gasteiger partial charge in [0.2, 0.25) is 21.8 Å². The summed E-state index contributed by atoms with van der Waals surface area (Å²) in [6.07, 6.45) is 1.87. The van der Waals surface area contributed by atoms with Gasteiger partial charge in [-0.25, -0.2) is 13.2 Å². The van der Waals surface area contributed by atoms with Crippen LogP contribution in [0, 0.1) is 5.92 Å². The predicted molar refractivity (Wildman–Crippen MR) is 163 cm³/mol. The fourth-order valence-electron chi connectivity index (χ4n) is 6.19. The zero-order chi connectivity index (χ0) is 31.6. The minimum Gasteiger partial charge on any atom is -0.480 e. The zero-order valence-corrected chi connectivity index (χ0v) is 26.3. The Hall–Kier alpha value is -3.19. The highest BCUT2D eigenvalue weighted by atomic mass is 35.5. The molecule has 11 nitrogen and oxygen atoms in total. The number of hydrogen-bond donors (Lipinski definition) is 2. The number of benzene rings is 2. The minimum absolute atomic E-state index is 0.0352. The third-order valence-corrected chi connectivity index (χ3v) is 10.9. The van der Waals surface area contributed by atoms with Gasteiger partial charge in [-0.3, -0.25) is 14.4 Å². The molecule has 14 heteroatoms. The van der Waals surface area contributed by atoms with Crippen LogP contribution in [-0.4, -0.2) is 89.6 Å². The van der Waals surface area contributed by atoms with Crippen molar-refractivity contribution in [3.8, 4) is 0 Å². The summed E-state index contributed by atoms with van der Waals surface area (Å²) in [6, 6.07) is 9.00. The van der Waals surface area contributed by atoms with Gasteiger partial charge in [0.15, 0.2) is 0 Å². The van der Waals surface area contributed by atoms with Crippen molar-refractivity contribution in [3.63, 3.8) is 0 Å². The average molecular weight is 666 g/mol. The predicted octanol–water partition coefficient (Wildman–Crippen LogP) is 3.39. The van der Waals surface area contributed by atoms with Crippen LogP contribution in [0.2, 0.25) is 10.0 Å². The van der Waals surface area contributed by atoms with Crippen LogP contribution in [0.1, 0.15) is 54.4 Å². The SMILES string of the molecule is O=C(O)[C@H](CCC(=O)N1CCC(CN2Cc3ccccc3C2=O)CC1)NC(=O)[C@H]1CCCN1S(=O)(=O)c1cc(Cl)cc(Cl)c1. The lowest BCUT2D eigenvalue weighted by molar-refractivity contribution is -0.143. The summed E-state index contributed by atoms with van der Waals surface area (Å²) in [4.78, 5) is 54.2. The molecule has 2 aromatic carbocycles. The summed E-state index contributed by atoms with van der Waals surface area (Å²) in [5, 5.41) is 12.5. The average Bonchev–Trinajstić information content (AvgIpc) is 3.61. The van der Waals surface area contributed by atoms with E-state index in [9.17, 15) is 32.7 Å². The number of amides is 3. The Labute approximate surface area is 266 Å². The number of carboxylic acid groups (broad SMARTS) is 1. The number of carbonyl (C=O) groups excluding carboxylic acids is 3. The van der Waals surface area contributed by atoms with E-state index >= 15 is 0 Å². The third-order valence-electron chi connectivity index (χ3n) is 8.55. The monoisotopic (exact) mass is 664 g/mol. The quantitative estimate of drug-likeness (QED) is 0.396. The number of rotatable bonds is 10. The van der Waals surface area contributed by atoms with E-state index in [2.05, 4.69) is 5.32 Å². The van der Waals surface area contributed by atoms with Crippen molar-refractivity contribution < 1.29 is 32.7 Å². The van der Waals surface area contributed by atoms with Gasteiger partial charge in [-0.1, -0.05) is 41.4 Å². The van der Waals surface area contributed by atoms with Crippen LogP contribution in [-0.2, 0) is 31.0 Å². The number of carbonyl (C=O) groups is 4. The Morgan fingerprint density at radius 3 is 2.34 bits per heavy atom. The topological polar surface area (TPSA) is 144 Å². The van der Waals surface area contributed by atoms with E-state index < -0.39 is 34.0 Å². The number of fused-ring (bicyclic) bond motifs is 1. The molecule has 0 saturated carbocycles. The van der Waals surface area contributed by atoms with Gasteiger partial charge in [0.05, 0.1) is 4.90 Å². The summed E-state index contributed by atoms with van der Waals surface area (Å²) in [7, 11) is -4.13. The molecule has 3 heterocycles. The van der Waals surface area contributed by atoms with Crippen molar-refractivity contribution in [2.24, 2.45) is 5.92 Å². The van der Waals surface area contributed by atoms with Crippen LogP contribution >= 0.6 is 23.2 Å². The molecule has 0 radical (unpaired) electrons. The van der Waals surface area contributed by atoms with E-state index in [-0.39, 0.29) is 58.5 Å². The van der Waals surface area contributed by atoms with Crippen molar-refractivity contribution in [2.75, 3.05) is 26.2 Å². The lowest BCUT2D eigenvalue weighted by atomic mass is 9.95. The number of likely N-dealkylation sites (tertiary alicyclic amines) is 1. The lowest BCUT2D eigenvalue weighted by Crippen LogP contribution is -2.51. The fraction of sp³-hybridized carbons (Fsp3) is 0.467. The molecule has 5 rings (SSSR count). The van der Waals surface area contributed by atoms with Crippen LogP contribution < -0.4 is 5.32 Å². The molecule has 3 amide bonds. The number of nitrogens with one attached hydrogen (secondary N) is 1. The number of carboxylic acids is 1. The second-order valence-electron chi connectivity index (χ2n) is 11.5. The Bertz CT molecular complexity index is 1540. The normalized spacial score (nSPS) is 20.0. The number of aliphatic carboxylic acids is 1. The second kappa shape index (κ2) is 13.4. The van der Waals surface area contributed by atoms with E-state index in [0.717, 1.165) is 28.3 Å². The van der Waals surface area contributed by atoms with Crippen LogP contribution in [0.5, 0.6) is 0 Å². The highest BCUT2D eigenvalue weighted by Crippen LogP contribution is 2.30. The third kappa shape index (κ3) is 7.03. The molecular weight excluding hydrogens is 631 g/mol. The summed E-state index contributed by atoms with van der Waals surface area (Å²) < 4.78 is 27.6. The van der Waals surface area contributed by atoms with E-state index in [0.29, 0.717) is 32.6 Å². The number of hydrogen-bond acceptors (Lipinski definition) is 6. The summed E-state index contributed by atoms with van der Waals surface area (Å²) in [6.45, 7) is 2.31. The van der Waals surface area contributed by atoms with E-state index in [1.807, 2.05) is 29.2 Å². The lowest BCUT2D eigenvalue weighted by Gasteiger charge is -2.34. The summed E-state index contributed by atoms with van der Waals surface area (Å²) >= 11 is 12.0. The number of piperidine rings is 1. The molecule has 2 saturated heterocycles. The highest BCUT2D eigenvalue weighted by Gasteiger charge is 2.41. The second-order valence-corrected chi connectivity index (χ2v) is 14.2. The molecule has 0 bridgehead atoms. The molecule has 44 heavy (non-hydrogen) atoms. The fourth-order valence-corrected chi connectivity index (χ4v) is 8.58. The van der Waals surface area contributed by atoms with E-state index in [1.54, 1.807) is 4.90 Å². The molecule has 0 spiro atoms. The molecule has 2 aromatic rings. The maximum atomic E-state index is 13.3. The molecule has 3 aliphatic rings. The molecular formula is C30H34Cl2N4O7S. The van der Waals surface area contributed by atoms with Crippen molar-refractivity contribution in [1.82, 2.24) is 19.4 Å². The number of nitrogens with zero attached hydrogens (tertiary/aromatic N) is 3. The van der Waals surface area contributed by atoms with Crippen LogP contribution in [0.4, 0.5) is 0 Å². The number of halogens is 2. The van der Waals surface area contributed by atoms with Crippen LogP contribution in [0.3, 0.4) is 0 Å². The van der Waals surface area contributed by atoms with Gasteiger partial charge in [-0.05, 0) is 67.9 Å². The van der Waals surface area contributed by atoms with Crippen molar-refractivity contribution in [3.05, 3.63) is 63.6 Å². The first-order chi connectivity index (χ1) is 20.9. The molecule has 2 atom stereocenters. The molecule has 0 aliphatic carbocycles. The van der Waals surface area contributed by atoms with Gasteiger partial charge in [-0.15, -0.1) is 0 Å². The van der Waals surface area contributed by atoms with Crippen molar-refractivity contribution in [1.29, 1.82) is 0 Å². The molecule has 3 aliphatic heterocycles. The smallest absolute Gasteiger partial charge is 0.326 e. The Morgan fingerprint density at radius 2 is 1.68 bits per heavy atom. The van der Waals surface area contributed by atoms with Crippen molar-refractivity contribution >= 4 is 56.9 Å². The van der Waals surface area contributed by atoms with Crippen LogP contribution in [0.25, 0.3) is 0 Å². The number of sulfonamides is 1. The van der Waals surface area contributed by atoms with Gasteiger partial charge in [0.25, 0.3) is 5.91 Å². The van der Waals surface area contributed by atoms with Crippen LogP contribution in [0.15, 0.2) is 47.4 Å². The van der Waals surface area contributed by atoms with Gasteiger partial charge < -0.3 is 20.2 Å². The van der Waals surface area contributed by atoms with Crippen molar-refractivity contribution in [2.45, 2.75) is 62.0 Å². The van der Waals surface area contributed by atoms with Gasteiger partial charge in [-0.2, -0.15) is 4.31 Å². The summed E-state index contributed by atoms with van der Waals surface area (Å²) in [5.41, 5.74) is 1.77. The minimum atomic E-state index is -4.13. The van der Waals surface area contributed by atoms with Gasteiger partial charge >= 0.3 is 5.97 Å². The highest BCUT2D eigenvalue weighted by molar-refractivity contribution is 7.89. The Balaban J connectivity index is 1.11. The largest absolute Gasteiger partial charge is 0.480 e. The Kier molecular flexibility index (Phi) is 9.83. The molecule has 0 aromatic heterocycles. The zero-order valence-electron chi connectivity index (χ0n) is 24.0.